The smallest absolute Gasteiger partial charge is 0.329 e. The Hall–Kier alpha value is -1.30. The van der Waals surface area contributed by atoms with Crippen LogP contribution in [0.15, 0.2) is 0 Å². The number of hydrogen-bond acceptors (Lipinski definition) is 3. The molecule has 1 aliphatic rings. The van der Waals surface area contributed by atoms with Gasteiger partial charge in [0.05, 0.1) is 6.42 Å². The monoisotopic (exact) mass is 306 g/mol. The van der Waals surface area contributed by atoms with Gasteiger partial charge in [-0.3, -0.25) is 9.59 Å². The summed E-state index contributed by atoms with van der Waals surface area (Å²) in [5.41, 5.74) is 0. The molecule has 0 bridgehead atoms. The normalized spacial score (nSPS) is 17.2. The molecule has 0 aromatic rings. The van der Waals surface area contributed by atoms with Crippen LogP contribution in [0.2, 0.25) is 0 Å². The SMILES string of the molecule is CCCCCCCCCCCCCC#CC1CC(=O)OC1=O. The number of unbranched alkanes of at least 4 members (excludes halogenated alkanes) is 11. The van der Waals surface area contributed by atoms with Gasteiger partial charge in [0, 0.05) is 6.42 Å². The molecule has 0 aromatic carbocycles. The van der Waals surface area contributed by atoms with Crippen molar-refractivity contribution in [3.63, 3.8) is 0 Å². The lowest BCUT2D eigenvalue weighted by Gasteiger charge is -2.01. The number of rotatable bonds is 11. The van der Waals surface area contributed by atoms with Gasteiger partial charge in [-0.15, -0.1) is 5.92 Å². The Morgan fingerprint density at radius 2 is 1.45 bits per heavy atom. The second-order valence-electron chi connectivity index (χ2n) is 6.16. The van der Waals surface area contributed by atoms with E-state index in [9.17, 15) is 9.59 Å². The molecule has 1 aliphatic heterocycles. The van der Waals surface area contributed by atoms with Crippen LogP contribution in [0.25, 0.3) is 0 Å². The lowest BCUT2D eigenvalue weighted by Crippen LogP contribution is -2.04. The van der Waals surface area contributed by atoms with Crippen molar-refractivity contribution in [2.24, 2.45) is 5.92 Å². The topological polar surface area (TPSA) is 43.4 Å². The van der Waals surface area contributed by atoms with Crippen LogP contribution in [0.1, 0.15) is 90.4 Å². The maximum atomic E-state index is 11.2. The minimum absolute atomic E-state index is 0.129. The van der Waals surface area contributed by atoms with E-state index in [1.165, 1.54) is 64.2 Å². The van der Waals surface area contributed by atoms with E-state index < -0.39 is 17.9 Å². The van der Waals surface area contributed by atoms with E-state index in [2.05, 4.69) is 23.5 Å². The van der Waals surface area contributed by atoms with Crippen molar-refractivity contribution in [2.75, 3.05) is 0 Å². The first-order valence-corrected chi connectivity index (χ1v) is 8.97. The second-order valence-corrected chi connectivity index (χ2v) is 6.16. The van der Waals surface area contributed by atoms with Crippen LogP contribution in [0.5, 0.6) is 0 Å². The molecule has 1 rings (SSSR count). The Morgan fingerprint density at radius 3 is 1.95 bits per heavy atom. The molecule has 3 heteroatoms. The first-order chi connectivity index (χ1) is 10.7. The van der Waals surface area contributed by atoms with Gasteiger partial charge in [0.1, 0.15) is 5.92 Å². The number of cyclic esters (lactones) is 2. The summed E-state index contributed by atoms with van der Waals surface area (Å²) in [5.74, 6) is 4.42. The van der Waals surface area contributed by atoms with Crippen LogP contribution in [0.4, 0.5) is 0 Å². The second kappa shape index (κ2) is 12.3. The average Bonchev–Trinajstić information content (AvgIpc) is 2.82. The summed E-state index contributed by atoms with van der Waals surface area (Å²) >= 11 is 0. The molecule has 0 amide bonds. The zero-order valence-corrected chi connectivity index (χ0v) is 14.0. The molecule has 1 saturated heterocycles. The number of carbonyl (C=O) groups is 2. The molecule has 0 saturated carbocycles. The Balaban J connectivity index is 1.86. The lowest BCUT2D eigenvalue weighted by atomic mass is 10.0. The minimum atomic E-state index is -0.514. The molecule has 1 heterocycles. The fraction of sp³-hybridized carbons (Fsp3) is 0.789. The molecule has 0 aliphatic carbocycles. The van der Waals surface area contributed by atoms with E-state index in [0.29, 0.717) is 0 Å². The lowest BCUT2D eigenvalue weighted by molar-refractivity contribution is -0.152. The number of esters is 2. The van der Waals surface area contributed by atoms with Gasteiger partial charge in [-0.1, -0.05) is 77.1 Å². The summed E-state index contributed by atoms with van der Waals surface area (Å²) in [6.45, 7) is 2.25. The third-order valence-corrected chi connectivity index (χ3v) is 4.05. The summed E-state index contributed by atoms with van der Waals surface area (Å²) in [6.07, 6.45) is 15.5. The van der Waals surface area contributed by atoms with Gasteiger partial charge in [-0.25, -0.2) is 0 Å². The number of hydrogen-bond donors (Lipinski definition) is 0. The molecule has 3 nitrogen and oxygen atoms in total. The highest BCUT2D eigenvalue weighted by Gasteiger charge is 2.31. The van der Waals surface area contributed by atoms with Crippen LogP contribution in [-0.4, -0.2) is 11.9 Å². The molecule has 124 valence electrons. The van der Waals surface area contributed by atoms with Crippen molar-refractivity contribution in [1.29, 1.82) is 0 Å². The summed E-state index contributed by atoms with van der Waals surface area (Å²) in [5, 5.41) is 0. The van der Waals surface area contributed by atoms with E-state index in [-0.39, 0.29) is 6.42 Å². The van der Waals surface area contributed by atoms with Crippen LogP contribution < -0.4 is 0 Å². The highest BCUT2D eigenvalue weighted by molar-refractivity contribution is 5.96. The van der Waals surface area contributed by atoms with Gasteiger partial charge in [-0.2, -0.15) is 0 Å². The summed E-state index contributed by atoms with van der Waals surface area (Å²) in [7, 11) is 0. The maximum absolute atomic E-state index is 11.2. The quantitative estimate of drug-likeness (QED) is 0.239. The van der Waals surface area contributed by atoms with Crippen LogP contribution in [0, 0.1) is 17.8 Å². The Morgan fingerprint density at radius 1 is 0.909 bits per heavy atom. The number of ether oxygens (including phenoxy) is 1. The maximum Gasteiger partial charge on any atom is 0.329 e. The molecule has 1 atom stereocenters. The van der Waals surface area contributed by atoms with Gasteiger partial charge >= 0.3 is 11.9 Å². The Bertz CT molecular complexity index is 389. The predicted octanol–water partition coefficient (Wildman–Crippen LogP) is 4.78. The Kier molecular flexibility index (Phi) is 10.5. The van der Waals surface area contributed by atoms with Gasteiger partial charge in [0.25, 0.3) is 0 Å². The summed E-state index contributed by atoms with van der Waals surface area (Å²) < 4.78 is 4.46. The Labute approximate surface area is 135 Å². The molecule has 22 heavy (non-hydrogen) atoms. The molecule has 0 N–H and O–H groups in total. The van der Waals surface area contributed by atoms with Crippen molar-refractivity contribution >= 4 is 11.9 Å². The zero-order valence-electron chi connectivity index (χ0n) is 14.0. The third kappa shape index (κ3) is 8.87. The largest absolute Gasteiger partial charge is 0.392 e. The van der Waals surface area contributed by atoms with Gasteiger partial charge in [0.15, 0.2) is 0 Å². The molecule has 0 spiro atoms. The van der Waals surface area contributed by atoms with Crippen LogP contribution in [-0.2, 0) is 14.3 Å². The van der Waals surface area contributed by atoms with Gasteiger partial charge in [0.2, 0.25) is 0 Å². The molecular formula is C19H30O3. The van der Waals surface area contributed by atoms with Crippen LogP contribution in [0.3, 0.4) is 0 Å². The minimum Gasteiger partial charge on any atom is -0.392 e. The van der Waals surface area contributed by atoms with Crippen molar-refractivity contribution in [2.45, 2.75) is 90.4 Å². The average molecular weight is 306 g/mol. The van der Waals surface area contributed by atoms with Gasteiger partial charge in [-0.05, 0) is 6.42 Å². The summed E-state index contributed by atoms with van der Waals surface area (Å²) in [6, 6.07) is 0. The predicted molar refractivity (Wildman–Crippen MR) is 88.1 cm³/mol. The van der Waals surface area contributed by atoms with E-state index >= 15 is 0 Å². The van der Waals surface area contributed by atoms with E-state index in [0.717, 1.165) is 12.8 Å². The zero-order chi connectivity index (χ0) is 16.0. The fourth-order valence-electron chi connectivity index (χ4n) is 2.66. The van der Waals surface area contributed by atoms with Gasteiger partial charge < -0.3 is 4.74 Å². The number of carbonyl (C=O) groups excluding carboxylic acids is 2. The molecule has 1 fully saturated rings. The van der Waals surface area contributed by atoms with Crippen molar-refractivity contribution in [1.82, 2.24) is 0 Å². The highest BCUT2D eigenvalue weighted by Crippen LogP contribution is 2.15. The van der Waals surface area contributed by atoms with Crippen LogP contribution >= 0.6 is 0 Å². The molecule has 0 aromatic heterocycles. The van der Waals surface area contributed by atoms with E-state index in [4.69, 9.17) is 0 Å². The molecular weight excluding hydrogens is 276 g/mol. The van der Waals surface area contributed by atoms with Crippen molar-refractivity contribution < 1.29 is 14.3 Å². The third-order valence-electron chi connectivity index (χ3n) is 4.05. The summed E-state index contributed by atoms with van der Waals surface area (Å²) in [4.78, 5) is 22.1. The fourth-order valence-corrected chi connectivity index (χ4v) is 2.66. The van der Waals surface area contributed by atoms with Crippen molar-refractivity contribution in [3.05, 3.63) is 0 Å². The standard InChI is InChI=1S/C19H30O3/c1-2-3-4-5-6-7-8-9-10-11-12-13-14-15-17-16-18(20)22-19(17)21/h17H,2-13,16H2,1H3. The first kappa shape index (κ1) is 18.7. The first-order valence-electron chi connectivity index (χ1n) is 8.97. The van der Waals surface area contributed by atoms with Crippen molar-refractivity contribution in [3.8, 4) is 11.8 Å². The highest BCUT2D eigenvalue weighted by atomic mass is 16.6. The van der Waals surface area contributed by atoms with E-state index in [1.807, 2.05) is 0 Å². The van der Waals surface area contributed by atoms with E-state index in [1.54, 1.807) is 0 Å². The molecule has 1 unspecified atom stereocenters. The molecule has 0 radical (unpaired) electrons.